The number of rotatable bonds is 3. The van der Waals surface area contributed by atoms with Crippen molar-refractivity contribution in [1.82, 2.24) is 15.2 Å². The van der Waals surface area contributed by atoms with Crippen molar-refractivity contribution in [2.24, 2.45) is 10.4 Å². The van der Waals surface area contributed by atoms with E-state index in [1.54, 1.807) is 7.11 Å². The first-order chi connectivity index (χ1) is 11.1. The van der Waals surface area contributed by atoms with Crippen LogP contribution in [0.5, 0.6) is 5.75 Å². The number of guanidine groups is 1. The molecule has 0 amide bonds. The van der Waals surface area contributed by atoms with E-state index in [2.05, 4.69) is 27.1 Å². The van der Waals surface area contributed by atoms with Gasteiger partial charge in [0.2, 0.25) is 0 Å². The quantitative estimate of drug-likeness (QED) is 0.688. The molecule has 0 aromatic carbocycles. The molecule has 5 nitrogen and oxygen atoms in total. The third-order valence-corrected chi connectivity index (χ3v) is 5.53. The van der Waals surface area contributed by atoms with Crippen LogP contribution in [0, 0.1) is 19.3 Å². The monoisotopic (exact) mass is 316 g/mol. The van der Waals surface area contributed by atoms with Gasteiger partial charge in [-0.2, -0.15) is 0 Å². The first kappa shape index (κ1) is 16.1. The number of nitrogens with one attached hydrogen (secondary N) is 1. The second kappa shape index (κ2) is 6.38. The van der Waals surface area contributed by atoms with Crippen molar-refractivity contribution in [3.8, 4) is 5.75 Å². The number of likely N-dealkylation sites (tertiary alicyclic amines) is 1. The number of aromatic nitrogens is 1. The molecule has 0 atom stereocenters. The number of aliphatic imine (C=N–C) groups is 1. The highest BCUT2D eigenvalue weighted by molar-refractivity contribution is 5.80. The number of ether oxygens (including phenoxy) is 1. The lowest BCUT2D eigenvalue weighted by atomic mass is 9.68. The lowest BCUT2D eigenvalue weighted by Crippen LogP contribution is -2.42. The Balaban J connectivity index is 1.65. The van der Waals surface area contributed by atoms with Crippen LogP contribution >= 0.6 is 0 Å². The molecule has 2 fully saturated rings. The molecule has 3 rings (SSSR count). The Morgan fingerprint density at radius 2 is 2.17 bits per heavy atom. The zero-order valence-corrected chi connectivity index (χ0v) is 14.8. The maximum Gasteiger partial charge on any atom is 0.193 e. The third-order valence-electron chi connectivity index (χ3n) is 5.53. The highest BCUT2D eigenvalue weighted by Crippen LogP contribution is 2.47. The van der Waals surface area contributed by atoms with Crippen molar-refractivity contribution in [1.29, 1.82) is 0 Å². The minimum atomic E-state index is 0.582. The molecule has 1 aromatic heterocycles. The molecule has 1 saturated heterocycles. The Kier molecular flexibility index (Phi) is 4.46. The molecule has 2 heterocycles. The molecule has 126 valence electrons. The predicted octanol–water partition coefficient (Wildman–Crippen LogP) is 2.66. The second-order valence-electron chi connectivity index (χ2n) is 6.97. The fraction of sp³-hybridized carbons (Fsp3) is 0.667. The first-order valence-corrected chi connectivity index (χ1v) is 8.53. The van der Waals surface area contributed by atoms with Gasteiger partial charge in [0.15, 0.2) is 5.96 Å². The summed E-state index contributed by atoms with van der Waals surface area (Å²) in [6.07, 6.45) is 7.35. The minimum Gasteiger partial charge on any atom is -0.496 e. The van der Waals surface area contributed by atoms with Gasteiger partial charge in [-0.15, -0.1) is 0 Å². The molecule has 1 spiro atoms. The van der Waals surface area contributed by atoms with Crippen molar-refractivity contribution in [2.45, 2.75) is 46.1 Å². The SMILES string of the molecule is CN=C(NCc1ncc(C)c(OC)c1C)N1CCC2(CCC2)C1. The number of pyridine rings is 1. The molecule has 23 heavy (non-hydrogen) atoms. The third kappa shape index (κ3) is 3.01. The Hall–Kier alpha value is -1.78. The predicted molar refractivity (Wildman–Crippen MR) is 92.9 cm³/mol. The largest absolute Gasteiger partial charge is 0.496 e. The van der Waals surface area contributed by atoms with E-state index < -0.39 is 0 Å². The van der Waals surface area contributed by atoms with Crippen molar-refractivity contribution in [3.05, 3.63) is 23.0 Å². The topological polar surface area (TPSA) is 49.8 Å². The van der Waals surface area contributed by atoms with Gasteiger partial charge in [-0.05, 0) is 38.5 Å². The maximum absolute atomic E-state index is 5.49. The average Bonchev–Trinajstić information content (AvgIpc) is 2.96. The summed E-state index contributed by atoms with van der Waals surface area (Å²) < 4.78 is 5.49. The van der Waals surface area contributed by atoms with Crippen molar-refractivity contribution in [3.63, 3.8) is 0 Å². The van der Waals surface area contributed by atoms with Crippen LogP contribution in [0.1, 0.15) is 42.5 Å². The molecule has 1 saturated carbocycles. The van der Waals surface area contributed by atoms with E-state index in [0.29, 0.717) is 12.0 Å². The van der Waals surface area contributed by atoms with Crippen LogP contribution in [0.2, 0.25) is 0 Å². The lowest BCUT2D eigenvalue weighted by molar-refractivity contribution is 0.151. The highest BCUT2D eigenvalue weighted by Gasteiger charge is 2.43. The molecule has 2 aliphatic rings. The molecule has 1 aliphatic heterocycles. The Morgan fingerprint density at radius 1 is 1.39 bits per heavy atom. The second-order valence-corrected chi connectivity index (χ2v) is 6.97. The summed E-state index contributed by atoms with van der Waals surface area (Å²) in [6.45, 7) is 7.04. The number of methoxy groups -OCH3 is 1. The molecule has 0 unspecified atom stereocenters. The molecule has 5 heteroatoms. The van der Waals surface area contributed by atoms with Gasteiger partial charge in [-0.1, -0.05) is 6.42 Å². The van der Waals surface area contributed by atoms with Gasteiger partial charge >= 0.3 is 0 Å². The normalized spacial score (nSPS) is 19.8. The molecule has 0 bridgehead atoms. The van der Waals surface area contributed by atoms with Crippen LogP contribution < -0.4 is 10.1 Å². The van der Waals surface area contributed by atoms with Gasteiger partial charge in [0.25, 0.3) is 0 Å². The summed E-state index contributed by atoms with van der Waals surface area (Å²) in [6, 6.07) is 0. The minimum absolute atomic E-state index is 0.582. The Labute approximate surface area is 139 Å². The summed E-state index contributed by atoms with van der Waals surface area (Å²) in [4.78, 5) is 11.4. The van der Waals surface area contributed by atoms with Crippen LogP contribution in [0.3, 0.4) is 0 Å². The van der Waals surface area contributed by atoms with E-state index in [9.17, 15) is 0 Å². The zero-order chi connectivity index (χ0) is 16.4. The van der Waals surface area contributed by atoms with Crippen LogP contribution in [-0.2, 0) is 6.54 Å². The maximum atomic E-state index is 5.49. The van der Waals surface area contributed by atoms with E-state index in [1.807, 2.05) is 20.2 Å². The van der Waals surface area contributed by atoms with Crippen LogP contribution in [0.25, 0.3) is 0 Å². The fourth-order valence-corrected chi connectivity index (χ4v) is 3.95. The number of hydrogen-bond acceptors (Lipinski definition) is 3. The molecule has 0 radical (unpaired) electrons. The Morgan fingerprint density at radius 3 is 2.74 bits per heavy atom. The van der Waals surface area contributed by atoms with Crippen molar-refractivity contribution in [2.75, 3.05) is 27.2 Å². The molecule has 1 aliphatic carbocycles. The summed E-state index contributed by atoms with van der Waals surface area (Å²) in [7, 11) is 3.58. The zero-order valence-electron chi connectivity index (χ0n) is 14.8. The van der Waals surface area contributed by atoms with E-state index in [0.717, 1.165) is 41.6 Å². The number of hydrogen-bond donors (Lipinski definition) is 1. The average molecular weight is 316 g/mol. The van der Waals surface area contributed by atoms with Crippen LogP contribution in [-0.4, -0.2) is 43.1 Å². The van der Waals surface area contributed by atoms with Gasteiger partial charge in [0.05, 0.1) is 19.3 Å². The van der Waals surface area contributed by atoms with Gasteiger partial charge in [-0.25, -0.2) is 0 Å². The molecule has 1 N–H and O–H groups in total. The fourth-order valence-electron chi connectivity index (χ4n) is 3.95. The standard InChI is InChI=1S/C18H28N4O/c1-13-10-20-15(14(2)16(13)23-4)11-21-17(19-3)22-9-8-18(12-22)6-5-7-18/h10H,5-9,11-12H2,1-4H3,(H,19,21). The Bertz CT molecular complexity index is 607. The summed E-state index contributed by atoms with van der Waals surface area (Å²) in [5, 5.41) is 3.48. The van der Waals surface area contributed by atoms with E-state index >= 15 is 0 Å². The first-order valence-electron chi connectivity index (χ1n) is 8.53. The van der Waals surface area contributed by atoms with Gasteiger partial charge in [0.1, 0.15) is 5.75 Å². The molecule has 1 aromatic rings. The van der Waals surface area contributed by atoms with Gasteiger partial charge in [-0.3, -0.25) is 9.98 Å². The molecular formula is C18H28N4O. The van der Waals surface area contributed by atoms with Crippen molar-refractivity contribution < 1.29 is 4.74 Å². The number of aryl methyl sites for hydroxylation is 1. The van der Waals surface area contributed by atoms with Crippen LogP contribution in [0.15, 0.2) is 11.2 Å². The van der Waals surface area contributed by atoms with Gasteiger partial charge < -0.3 is 15.0 Å². The number of nitrogens with zero attached hydrogens (tertiary/aromatic N) is 3. The molecular weight excluding hydrogens is 288 g/mol. The van der Waals surface area contributed by atoms with Crippen LogP contribution in [0.4, 0.5) is 0 Å². The lowest BCUT2D eigenvalue weighted by Gasteiger charge is -2.38. The summed E-state index contributed by atoms with van der Waals surface area (Å²) >= 11 is 0. The van der Waals surface area contributed by atoms with Crippen molar-refractivity contribution >= 4 is 5.96 Å². The summed E-state index contributed by atoms with van der Waals surface area (Å²) in [5.41, 5.74) is 3.78. The van der Waals surface area contributed by atoms with Gasteiger partial charge in [0, 0.05) is 37.5 Å². The van der Waals surface area contributed by atoms with E-state index in [-0.39, 0.29) is 0 Å². The van der Waals surface area contributed by atoms with E-state index in [1.165, 1.54) is 25.7 Å². The van der Waals surface area contributed by atoms with E-state index in [4.69, 9.17) is 4.74 Å². The smallest absolute Gasteiger partial charge is 0.193 e. The highest BCUT2D eigenvalue weighted by atomic mass is 16.5. The summed E-state index contributed by atoms with van der Waals surface area (Å²) in [5.74, 6) is 1.93.